The van der Waals surface area contributed by atoms with E-state index in [1.807, 2.05) is 6.92 Å². The summed E-state index contributed by atoms with van der Waals surface area (Å²) in [4.78, 5) is 15.1. The molecule has 1 atom stereocenters. The second-order valence-electron chi connectivity index (χ2n) is 3.31. The molecule has 0 saturated heterocycles. The predicted octanol–water partition coefficient (Wildman–Crippen LogP) is 0.688. The Kier molecular flexibility index (Phi) is 4.17. The summed E-state index contributed by atoms with van der Waals surface area (Å²) >= 11 is 0. The summed E-state index contributed by atoms with van der Waals surface area (Å²) in [5.41, 5.74) is 5.35. The average Bonchev–Trinajstić information content (AvgIpc) is 2.18. The van der Waals surface area contributed by atoms with E-state index in [0.29, 0.717) is 13.0 Å². The fraction of sp³-hybridized carbons (Fsp3) is 0.400. The molecule has 0 spiro atoms. The number of hydrogen-bond acceptors (Lipinski definition) is 3. The van der Waals surface area contributed by atoms with Crippen LogP contribution in [0.5, 0.6) is 0 Å². The summed E-state index contributed by atoms with van der Waals surface area (Å²) in [6.45, 7) is 2.31. The Labute approximate surface area is 87.7 Å². The van der Waals surface area contributed by atoms with Crippen LogP contribution in [0.15, 0.2) is 18.5 Å². The van der Waals surface area contributed by atoms with E-state index < -0.39 is 11.7 Å². The van der Waals surface area contributed by atoms with Gasteiger partial charge in [0.2, 0.25) is 0 Å². The maximum absolute atomic E-state index is 13.1. The van der Waals surface area contributed by atoms with E-state index in [0.717, 1.165) is 6.20 Å². The van der Waals surface area contributed by atoms with Crippen LogP contribution in [0.2, 0.25) is 0 Å². The largest absolute Gasteiger partial charge is 0.349 e. The molecule has 0 aromatic carbocycles. The first kappa shape index (κ1) is 11.6. The lowest BCUT2D eigenvalue weighted by atomic mass is 10.2. The molecule has 4 nitrogen and oxygen atoms in total. The lowest BCUT2D eigenvalue weighted by Crippen LogP contribution is -2.34. The van der Waals surface area contributed by atoms with E-state index in [1.54, 1.807) is 0 Å². The Hall–Kier alpha value is -1.49. The number of aromatic nitrogens is 1. The molecule has 0 aliphatic heterocycles. The van der Waals surface area contributed by atoms with Crippen molar-refractivity contribution in [3.63, 3.8) is 0 Å². The smallest absolute Gasteiger partial charge is 0.254 e. The van der Waals surface area contributed by atoms with Gasteiger partial charge in [-0.05, 0) is 26.0 Å². The highest BCUT2D eigenvalue weighted by Gasteiger charge is 2.12. The number of halogens is 1. The van der Waals surface area contributed by atoms with E-state index in [4.69, 9.17) is 5.73 Å². The molecular weight excluding hydrogens is 197 g/mol. The van der Waals surface area contributed by atoms with E-state index in [-0.39, 0.29) is 11.6 Å². The zero-order valence-corrected chi connectivity index (χ0v) is 8.53. The molecule has 1 heterocycles. The number of pyridine rings is 1. The van der Waals surface area contributed by atoms with Crippen molar-refractivity contribution < 1.29 is 9.18 Å². The van der Waals surface area contributed by atoms with Crippen molar-refractivity contribution in [2.24, 2.45) is 5.73 Å². The number of amides is 1. The van der Waals surface area contributed by atoms with Gasteiger partial charge in [0, 0.05) is 12.2 Å². The Morgan fingerprint density at radius 1 is 1.73 bits per heavy atom. The van der Waals surface area contributed by atoms with Crippen LogP contribution in [0.3, 0.4) is 0 Å². The first-order chi connectivity index (χ1) is 7.15. The van der Waals surface area contributed by atoms with Crippen molar-refractivity contribution in [3.05, 3.63) is 29.8 Å². The maximum Gasteiger partial charge on any atom is 0.254 e. The third kappa shape index (κ3) is 3.28. The van der Waals surface area contributed by atoms with Crippen LogP contribution in [-0.2, 0) is 0 Å². The number of nitrogens with zero attached hydrogens (tertiary/aromatic N) is 1. The van der Waals surface area contributed by atoms with Crippen molar-refractivity contribution in [1.29, 1.82) is 0 Å². The number of hydrogen-bond donors (Lipinski definition) is 2. The van der Waals surface area contributed by atoms with Crippen LogP contribution in [0.1, 0.15) is 23.7 Å². The Bertz CT molecular complexity index is 343. The van der Waals surface area contributed by atoms with Crippen molar-refractivity contribution in [3.8, 4) is 0 Å². The van der Waals surface area contributed by atoms with E-state index in [2.05, 4.69) is 10.3 Å². The highest BCUT2D eigenvalue weighted by Crippen LogP contribution is 2.04. The molecule has 5 heteroatoms. The van der Waals surface area contributed by atoms with Crippen LogP contribution in [0.25, 0.3) is 0 Å². The summed E-state index contributed by atoms with van der Waals surface area (Å²) < 4.78 is 13.1. The molecular formula is C10H14FN3O. The van der Waals surface area contributed by atoms with Crippen LogP contribution in [0.4, 0.5) is 4.39 Å². The van der Waals surface area contributed by atoms with Gasteiger partial charge in [-0.2, -0.15) is 0 Å². The summed E-state index contributed by atoms with van der Waals surface area (Å²) in [5, 5.41) is 2.65. The minimum Gasteiger partial charge on any atom is -0.349 e. The lowest BCUT2D eigenvalue weighted by Gasteiger charge is -2.12. The minimum absolute atomic E-state index is 0.00821. The summed E-state index contributed by atoms with van der Waals surface area (Å²) in [6, 6.07) is 1.29. The molecule has 0 saturated carbocycles. The Morgan fingerprint density at radius 2 is 2.47 bits per heavy atom. The molecule has 0 aliphatic carbocycles. The highest BCUT2D eigenvalue weighted by atomic mass is 19.1. The van der Waals surface area contributed by atoms with Crippen LogP contribution >= 0.6 is 0 Å². The fourth-order valence-corrected chi connectivity index (χ4v) is 1.18. The predicted molar refractivity (Wildman–Crippen MR) is 54.8 cm³/mol. The molecule has 1 amide bonds. The van der Waals surface area contributed by atoms with E-state index >= 15 is 0 Å². The molecule has 82 valence electrons. The third-order valence-corrected chi connectivity index (χ3v) is 1.99. The van der Waals surface area contributed by atoms with Crippen molar-refractivity contribution in [2.75, 3.05) is 6.54 Å². The minimum atomic E-state index is -0.616. The first-order valence-corrected chi connectivity index (χ1v) is 4.75. The molecule has 0 aliphatic rings. The molecule has 1 rings (SSSR count). The van der Waals surface area contributed by atoms with Gasteiger partial charge < -0.3 is 11.1 Å². The summed E-state index contributed by atoms with van der Waals surface area (Å²) in [6.07, 6.45) is 3.06. The standard InChI is InChI=1S/C10H14FN3O/c1-7(2-4-12)14-10(15)8-3-5-13-6-9(8)11/h3,5-7H,2,4,12H2,1H3,(H,14,15). The SMILES string of the molecule is CC(CCN)NC(=O)c1ccncc1F. The van der Waals surface area contributed by atoms with Gasteiger partial charge in [0.25, 0.3) is 5.91 Å². The molecule has 1 aromatic rings. The monoisotopic (exact) mass is 211 g/mol. The van der Waals surface area contributed by atoms with Gasteiger partial charge in [-0.15, -0.1) is 0 Å². The molecule has 1 unspecified atom stereocenters. The summed E-state index contributed by atoms with van der Waals surface area (Å²) in [7, 11) is 0. The number of nitrogens with one attached hydrogen (secondary N) is 1. The highest BCUT2D eigenvalue weighted by molar-refractivity contribution is 5.94. The normalized spacial score (nSPS) is 12.2. The topological polar surface area (TPSA) is 68.0 Å². The van der Waals surface area contributed by atoms with Gasteiger partial charge >= 0.3 is 0 Å². The first-order valence-electron chi connectivity index (χ1n) is 4.75. The quantitative estimate of drug-likeness (QED) is 0.769. The fourth-order valence-electron chi connectivity index (χ4n) is 1.18. The second-order valence-corrected chi connectivity index (χ2v) is 3.31. The van der Waals surface area contributed by atoms with Gasteiger partial charge in [-0.1, -0.05) is 0 Å². The van der Waals surface area contributed by atoms with Crippen molar-refractivity contribution in [2.45, 2.75) is 19.4 Å². The van der Waals surface area contributed by atoms with Gasteiger partial charge in [0.15, 0.2) is 5.82 Å². The zero-order chi connectivity index (χ0) is 11.3. The van der Waals surface area contributed by atoms with Gasteiger partial charge in [0.05, 0.1) is 11.8 Å². The van der Waals surface area contributed by atoms with Crippen molar-refractivity contribution >= 4 is 5.91 Å². The number of nitrogens with two attached hydrogens (primary N) is 1. The van der Waals surface area contributed by atoms with Crippen LogP contribution in [0, 0.1) is 5.82 Å². The molecule has 15 heavy (non-hydrogen) atoms. The van der Waals surface area contributed by atoms with Crippen LogP contribution < -0.4 is 11.1 Å². The number of carbonyl (C=O) groups excluding carboxylic acids is 1. The van der Waals surface area contributed by atoms with Crippen LogP contribution in [-0.4, -0.2) is 23.5 Å². The van der Waals surface area contributed by atoms with E-state index in [1.165, 1.54) is 12.3 Å². The molecule has 3 N–H and O–H groups in total. The van der Waals surface area contributed by atoms with Gasteiger partial charge in [0.1, 0.15) is 0 Å². The molecule has 0 fully saturated rings. The van der Waals surface area contributed by atoms with Gasteiger partial charge in [-0.3, -0.25) is 9.78 Å². The average molecular weight is 211 g/mol. The van der Waals surface area contributed by atoms with Crippen molar-refractivity contribution in [1.82, 2.24) is 10.3 Å². The Morgan fingerprint density at radius 3 is 3.07 bits per heavy atom. The maximum atomic E-state index is 13.1. The van der Waals surface area contributed by atoms with E-state index in [9.17, 15) is 9.18 Å². The summed E-state index contributed by atoms with van der Waals surface area (Å²) in [5.74, 6) is -1.05. The molecule has 1 aromatic heterocycles. The lowest BCUT2D eigenvalue weighted by molar-refractivity contribution is 0.0934. The van der Waals surface area contributed by atoms with Gasteiger partial charge in [-0.25, -0.2) is 4.39 Å². The molecule has 0 radical (unpaired) electrons. The number of rotatable bonds is 4. The molecule has 0 bridgehead atoms. The third-order valence-electron chi connectivity index (χ3n) is 1.99. The zero-order valence-electron chi connectivity index (χ0n) is 8.53. The Balaban J connectivity index is 2.65. The second kappa shape index (κ2) is 5.41. The number of carbonyl (C=O) groups is 1.